The van der Waals surface area contributed by atoms with Gasteiger partial charge in [0, 0.05) is 19.3 Å². The van der Waals surface area contributed by atoms with Crippen molar-refractivity contribution in [2.75, 3.05) is 13.2 Å². The molecule has 1 atom stereocenters. The highest BCUT2D eigenvalue weighted by atomic mass is 16.6. The number of hydrogen-bond acceptors (Lipinski definition) is 6. The summed E-state index contributed by atoms with van der Waals surface area (Å²) in [5.41, 5.74) is 0. The van der Waals surface area contributed by atoms with Crippen LogP contribution >= 0.6 is 0 Å². The van der Waals surface area contributed by atoms with Crippen LogP contribution in [-0.4, -0.2) is 37.2 Å². The van der Waals surface area contributed by atoms with E-state index in [0.717, 1.165) is 76.0 Å². The van der Waals surface area contributed by atoms with Gasteiger partial charge in [-0.05, 0) is 31.1 Å². The van der Waals surface area contributed by atoms with Crippen molar-refractivity contribution in [3.63, 3.8) is 0 Å². The summed E-state index contributed by atoms with van der Waals surface area (Å²) >= 11 is 0. The smallest absolute Gasteiger partial charge is 0.306 e. The highest BCUT2D eigenvalue weighted by molar-refractivity contribution is 5.71. The lowest BCUT2D eigenvalue weighted by atomic mass is 10.0. The number of rotatable bonds is 41. The average Bonchev–Trinajstić information content (AvgIpc) is 3.12. The third kappa shape index (κ3) is 41.4. The van der Waals surface area contributed by atoms with Crippen LogP contribution < -0.4 is 0 Å². The topological polar surface area (TPSA) is 78.9 Å². The summed E-state index contributed by atoms with van der Waals surface area (Å²) in [7, 11) is 0. The Morgan fingerprint density at radius 2 is 0.623 bits per heavy atom. The van der Waals surface area contributed by atoms with E-state index < -0.39 is 6.10 Å². The monoisotopic (exact) mass is 751 g/mol. The first-order valence-electron chi connectivity index (χ1n) is 23.2. The fourth-order valence-corrected chi connectivity index (χ4v) is 6.93. The first-order chi connectivity index (χ1) is 25.7. The van der Waals surface area contributed by atoms with Crippen LogP contribution in [0.2, 0.25) is 0 Å². The van der Waals surface area contributed by atoms with E-state index in [-0.39, 0.29) is 31.1 Å². The Hall–Kier alpha value is -1.59. The quantitative estimate of drug-likeness (QED) is 0.0352. The van der Waals surface area contributed by atoms with Gasteiger partial charge in [-0.2, -0.15) is 0 Å². The van der Waals surface area contributed by atoms with E-state index >= 15 is 0 Å². The fraction of sp³-hybridized carbons (Fsp3) is 0.936. The molecule has 0 heterocycles. The molecule has 0 saturated heterocycles. The molecule has 0 aromatic heterocycles. The van der Waals surface area contributed by atoms with E-state index in [0.29, 0.717) is 19.3 Å². The molecule has 0 saturated carbocycles. The van der Waals surface area contributed by atoms with Crippen LogP contribution in [-0.2, 0) is 28.6 Å². The average molecular weight is 751 g/mol. The molecule has 0 amide bonds. The van der Waals surface area contributed by atoms with Gasteiger partial charge in [0.25, 0.3) is 0 Å². The molecule has 0 aliphatic heterocycles. The molecule has 0 aromatic carbocycles. The molecule has 53 heavy (non-hydrogen) atoms. The Morgan fingerprint density at radius 3 is 0.925 bits per heavy atom. The van der Waals surface area contributed by atoms with Gasteiger partial charge in [-0.15, -0.1) is 0 Å². The fourth-order valence-electron chi connectivity index (χ4n) is 6.93. The number of esters is 3. The van der Waals surface area contributed by atoms with Crippen LogP contribution in [0.5, 0.6) is 0 Å². The molecule has 0 aliphatic carbocycles. The van der Waals surface area contributed by atoms with Crippen LogP contribution in [0.4, 0.5) is 0 Å². The van der Waals surface area contributed by atoms with Gasteiger partial charge in [0.1, 0.15) is 13.2 Å². The number of ether oxygens (including phenoxy) is 3. The standard InChI is InChI=1S/C47H90O6/c1-6-7-8-25-34-39-47(50)53-44(41-52-46(49)38-33-29-24-20-16-15-18-22-27-31-36-43(4)5)40-51-45(48)37-32-28-23-19-14-12-10-9-11-13-17-21-26-30-35-42(2)3/h42-44H,6-41H2,1-5H3/t44-/m1/s1. The predicted octanol–water partition coefficient (Wildman–Crippen LogP) is 14.6. The summed E-state index contributed by atoms with van der Waals surface area (Å²) < 4.78 is 16.6. The molecule has 314 valence electrons. The molecule has 0 N–H and O–H groups in total. The van der Waals surface area contributed by atoms with Crippen LogP contribution in [0, 0.1) is 11.8 Å². The van der Waals surface area contributed by atoms with Crippen molar-refractivity contribution in [1.82, 2.24) is 0 Å². The molecule has 0 rings (SSSR count). The molecule has 0 aromatic rings. The van der Waals surface area contributed by atoms with Gasteiger partial charge in [-0.3, -0.25) is 14.4 Å². The first kappa shape index (κ1) is 51.4. The van der Waals surface area contributed by atoms with Gasteiger partial charge in [0.2, 0.25) is 0 Å². The van der Waals surface area contributed by atoms with E-state index in [1.807, 2.05) is 0 Å². The van der Waals surface area contributed by atoms with Crippen molar-refractivity contribution in [3.05, 3.63) is 0 Å². The van der Waals surface area contributed by atoms with Gasteiger partial charge in [-0.25, -0.2) is 0 Å². The summed E-state index contributed by atoms with van der Waals surface area (Å²) in [5, 5.41) is 0. The molecular formula is C47H90O6. The minimum Gasteiger partial charge on any atom is -0.462 e. The van der Waals surface area contributed by atoms with Crippen molar-refractivity contribution in [1.29, 1.82) is 0 Å². The number of hydrogen-bond donors (Lipinski definition) is 0. The lowest BCUT2D eigenvalue weighted by Crippen LogP contribution is -2.30. The second-order valence-corrected chi connectivity index (χ2v) is 17.0. The lowest BCUT2D eigenvalue weighted by Gasteiger charge is -2.18. The Kier molecular flexibility index (Phi) is 38.9. The largest absolute Gasteiger partial charge is 0.462 e. The van der Waals surface area contributed by atoms with Crippen molar-refractivity contribution in [2.45, 2.75) is 259 Å². The van der Waals surface area contributed by atoms with Crippen LogP contribution in [0.15, 0.2) is 0 Å². The van der Waals surface area contributed by atoms with Gasteiger partial charge in [0.05, 0.1) is 0 Å². The summed E-state index contributed by atoms with van der Waals surface area (Å²) in [4.78, 5) is 37.5. The normalized spacial score (nSPS) is 12.1. The zero-order chi connectivity index (χ0) is 39.0. The third-order valence-electron chi connectivity index (χ3n) is 10.5. The second kappa shape index (κ2) is 40.1. The van der Waals surface area contributed by atoms with Crippen LogP contribution in [0.1, 0.15) is 253 Å². The molecule has 0 aliphatic rings. The van der Waals surface area contributed by atoms with Crippen molar-refractivity contribution < 1.29 is 28.6 Å². The lowest BCUT2D eigenvalue weighted by molar-refractivity contribution is -0.167. The molecule has 0 bridgehead atoms. The third-order valence-corrected chi connectivity index (χ3v) is 10.5. The van der Waals surface area contributed by atoms with E-state index in [9.17, 15) is 14.4 Å². The SMILES string of the molecule is CCCCCCCC(=O)O[C@H](COC(=O)CCCCCCCCCCCCCCCCC(C)C)COC(=O)CCCCCCCCCCCCC(C)C. The predicted molar refractivity (Wildman–Crippen MR) is 224 cm³/mol. The molecular weight excluding hydrogens is 661 g/mol. The van der Waals surface area contributed by atoms with Crippen molar-refractivity contribution in [2.24, 2.45) is 11.8 Å². The number of carbonyl (C=O) groups excluding carboxylic acids is 3. The molecule has 0 fully saturated rings. The minimum atomic E-state index is -0.758. The van der Waals surface area contributed by atoms with Crippen LogP contribution in [0.3, 0.4) is 0 Å². The zero-order valence-corrected chi connectivity index (χ0v) is 36.1. The molecule has 6 nitrogen and oxygen atoms in total. The second-order valence-electron chi connectivity index (χ2n) is 17.0. The van der Waals surface area contributed by atoms with E-state index in [1.54, 1.807) is 0 Å². The van der Waals surface area contributed by atoms with Crippen LogP contribution in [0.25, 0.3) is 0 Å². The van der Waals surface area contributed by atoms with Gasteiger partial charge >= 0.3 is 17.9 Å². The van der Waals surface area contributed by atoms with E-state index in [2.05, 4.69) is 34.6 Å². The summed E-state index contributed by atoms with van der Waals surface area (Å²) in [5.74, 6) is 0.793. The Balaban J connectivity index is 4.11. The molecule has 0 radical (unpaired) electrons. The highest BCUT2D eigenvalue weighted by Gasteiger charge is 2.19. The minimum absolute atomic E-state index is 0.0659. The number of unbranched alkanes of at least 4 members (excludes halogenated alkanes) is 26. The Morgan fingerprint density at radius 1 is 0.358 bits per heavy atom. The van der Waals surface area contributed by atoms with E-state index in [1.165, 1.54) is 135 Å². The zero-order valence-electron chi connectivity index (χ0n) is 36.1. The maximum absolute atomic E-state index is 12.5. The maximum Gasteiger partial charge on any atom is 0.306 e. The summed E-state index contributed by atoms with van der Waals surface area (Å²) in [6.45, 7) is 11.3. The highest BCUT2D eigenvalue weighted by Crippen LogP contribution is 2.17. The Bertz CT molecular complexity index is 809. The number of carbonyl (C=O) groups is 3. The molecule has 0 unspecified atom stereocenters. The Labute approximate surface area is 329 Å². The van der Waals surface area contributed by atoms with Gasteiger partial charge < -0.3 is 14.2 Å². The molecule has 0 spiro atoms. The van der Waals surface area contributed by atoms with Gasteiger partial charge in [-0.1, -0.05) is 214 Å². The maximum atomic E-state index is 12.5. The molecule has 6 heteroatoms. The van der Waals surface area contributed by atoms with Crippen molar-refractivity contribution >= 4 is 17.9 Å². The van der Waals surface area contributed by atoms with E-state index in [4.69, 9.17) is 14.2 Å². The first-order valence-corrected chi connectivity index (χ1v) is 23.2. The van der Waals surface area contributed by atoms with Crippen molar-refractivity contribution in [3.8, 4) is 0 Å². The summed E-state index contributed by atoms with van der Waals surface area (Å²) in [6.07, 6.45) is 38.4. The summed E-state index contributed by atoms with van der Waals surface area (Å²) in [6, 6.07) is 0. The van der Waals surface area contributed by atoms with Gasteiger partial charge in [0.15, 0.2) is 6.10 Å².